The van der Waals surface area contributed by atoms with Crippen molar-refractivity contribution in [3.8, 4) is 0 Å². The zero-order valence-corrected chi connectivity index (χ0v) is 13.6. The summed E-state index contributed by atoms with van der Waals surface area (Å²) in [5.74, 6) is -3.23. The molecule has 0 amide bonds. The second kappa shape index (κ2) is 17.5. The van der Waals surface area contributed by atoms with E-state index in [4.69, 9.17) is 25.5 Å². The summed E-state index contributed by atoms with van der Waals surface area (Å²) < 4.78 is 0. The summed E-state index contributed by atoms with van der Waals surface area (Å²) in [5.41, 5.74) is 7.42. The van der Waals surface area contributed by atoms with Crippen LogP contribution in [0.15, 0.2) is 0 Å². The van der Waals surface area contributed by atoms with Crippen LogP contribution in [-0.2, 0) is 30.7 Å². The van der Waals surface area contributed by atoms with Crippen molar-refractivity contribution in [2.24, 2.45) is 5.92 Å². The van der Waals surface area contributed by atoms with Gasteiger partial charge in [-0.3, -0.25) is 0 Å². The van der Waals surface area contributed by atoms with Gasteiger partial charge in [0.2, 0.25) is 0 Å². The minimum Gasteiger partial charge on any atom is -0.677 e. The zero-order chi connectivity index (χ0) is 13.8. The van der Waals surface area contributed by atoms with E-state index in [9.17, 15) is 0 Å². The van der Waals surface area contributed by atoms with Gasteiger partial charge in [-0.25, -0.2) is 9.59 Å². The van der Waals surface area contributed by atoms with Crippen molar-refractivity contribution < 1.29 is 46.3 Å². The summed E-state index contributed by atoms with van der Waals surface area (Å²) in [6.45, 7) is 7.89. The molecular weight excluding hydrogens is 433 g/mol. The molecule has 6 nitrogen and oxygen atoms in total. The van der Waals surface area contributed by atoms with Crippen molar-refractivity contribution in [2.45, 2.75) is 45.6 Å². The van der Waals surface area contributed by atoms with E-state index >= 15 is 0 Å². The van der Waals surface area contributed by atoms with Gasteiger partial charge in [0.1, 0.15) is 0 Å². The molecule has 0 bridgehead atoms. The van der Waals surface area contributed by atoms with E-state index in [0.717, 1.165) is 6.42 Å². The second-order valence-corrected chi connectivity index (χ2v) is 3.84. The van der Waals surface area contributed by atoms with Crippen LogP contribution in [0, 0.1) is 19.3 Å². The maximum atomic E-state index is 9.10. The van der Waals surface area contributed by atoms with Gasteiger partial charge in [0.15, 0.2) is 0 Å². The SMILES string of the molecule is C[CH-]C.O.O=C(O)C(=O)O.[CH2-]C1CCCCC1[NH-].[Pt]. The Balaban J connectivity index is -0.0000000928. The third kappa shape index (κ3) is 20.0. The second-order valence-electron chi connectivity index (χ2n) is 3.84. The average molecular weight is 457 g/mol. The molecule has 1 rings (SSSR count). The smallest absolute Gasteiger partial charge is 0.414 e. The Kier molecular flexibility index (Phi) is 24.9. The Labute approximate surface area is 129 Å². The molecule has 5 N–H and O–H groups in total. The van der Waals surface area contributed by atoms with Crippen molar-refractivity contribution >= 4 is 11.9 Å². The Morgan fingerprint density at radius 2 is 1.47 bits per heavy atom. The number of carboxylic acid groups (broad SMARTS) is 2. The molecule has 19 heavy (non-hydrogen) atoms. The first kappa shape index (κ1) is 27.0. The van der Waals surface area contributed by atoms with E-state index in [-0.39, 0.29) is 32.6 Å². The van der Waals surface area contributed by atoms with Gasteiger partial charge in [-0.15, -0.1) is 0 Å². The van der Waals surface area contributed by atoms with E-state index in [1.807, 2.05) is 20.3 Å². The normalized spacial score (nSPS) is 20.0. The number of carbonyl (C=O) groups is 2. The Hall–Kier alpha value is -0.452. The third-order valence-electron chi connectivity index (χ3n) is 2.09. The molecule has 0 aliphatic heterocycles. The monoisotopic (exact) mass is 457 g/mol. The van der Waals surface area contributed by atoms with E-state index in [1.54, 1.807) is 0 Å². The van der Waals surface area contributed by atoms with Crippen LogP contribution in [0.2, 0.25) is 0 Å². The maximum absolute atomic E-state index is 9.10. The molecule has 0 aromatic carbocycles. The summed E-state index contributed by atoms with van der Waals surface area (Å²) in [6.07, 6.45) is 6.80. The Morgan fingerprint density at radius 1 is 1.16 bits per heavy atom. The van der Waals surface area contributed by atoms with E-state index in [0.29, 0.717) is 5.92 Å². The van der Waals surface area contributed by atoms with Gasteiger partial charge in [0.05, 0.1) is 0 Å². The fourth-order valence-corrected chi connectivity index (χ4v) is 1.21. The first-order valence-electron chi connectivity index (χ1n) is 5.61. The number of hydrogen-bond acceptors (Lipinski definition) is 2. The van der Waals surface area contributed by atoms with E-state index in [2.05, 4.69) is 6.92 Å². The van der Waals surface area contributed by atoms with Crippen LogP contribution in [0.25, 0.3) is 5.73 Å². The molecule has 0 aromatic heterocycles. The van der Waals surface area contributed by atoms with Crippen LogP contribution in [0.5, 0.6) is 0 Å². The summed E-state index contributed by atoms with van der Waals surface area (Å²) in [4.78, 5) is 18.2. The van der Waals surface area contributed by atoms with Gasteiger partial charge in [-0.2, -0.15) is 25.8 Å². The molecule has 2 unspecified atom stereocenters. The van der Waals surface area contributed by atoms with E-state index in [1.165, 1.54) is 19.3 Å². The third-order valence-corrected chi connectivity index (χ3v) is 2.09. The molecule has 1 aliphatic carbocycles. The molecule has 1 fully saturated rings. The topological polar surface area (TPSA) is 130 Å². The first-order chi connectivity index (χ1) is 7.86. The van der Waals surface area contributed by atoms with Gasteiger partial charge < -0.3 is 34.8 Å². The van der Waals surface area contributed by atoms with Crippen LogP contribution in [0.3, 0.4) is 0 Å². The predicted octanol–water partition coefficient (Wildman–Crippen LogP) is 1.99. The Morgan fingerprint density at radius 3 is 1.63 bits per heavy atom. The van der Waals surface area contributed by atoms with Crippen LogP contribution in [-0.4, -0.2) is 33.7 Å². The zero-order valence-electron chi connectivity index (χ0n) is 11.3. The molecule has 2 atom stereocenters. The standard InChI is InChI=1S/C7H13N.C3H7.C2H2O4.H2O.Pt/c1-6-4-2-3-5-7(6)8;1-3-2;3-1(4)2(5)6;;/h6-8H,1-5H2;3H,1-2H3;(H,3,4)(H,5,6);1H2;/q-2;-1;;;. The summed E-state index contributed by atoms with van der Waals surface area (Å²) in [7, 11) is 0. The van der Waals surface area contributed by atoms with Crippen LogP contribution < -0.4 is 0 Å². The first-order valence-corrected chi connectivity index (χ1v) is 5.61. The molecule has 0 radical (unpaired) electrons. The van der Waals surface area contributed by atoms with Crippen molar-refractivity contribution in [2.75, 3.05) is 0 Å². The Bertz CT molecular complexity index is 204. The maximum Gasteiger partial charge on any atom is 0.414 e. The summed E-state index contributed by atoms with van der Waals surface area (Å²) in [6, 6.07) is 0.142. The molecule has 1 saturated carbocycles. The van der Waals surface area contributed by atoms with E-state index < -0.39 is 11.9 Å². The predicted molar refractivity (Wildman–Crippen MR) is 70.0 cm³/mol. The molecule has 1 aliphatic rings. The van der Waals surface area contributed by atoms with Crippen molar-refractivity contribution in [3.63, 3.8) is 0 Å². The minimum atomic E-state index is -1.82. The fraction of sp³-hybridized carbons (Fsp3) is 0.667. The number of rotatable bonds is 0. The summed E-state index contributed by atoms with van der Waals surface area (Å²) >= 11 is 0. The number of aliphatic carboxylic acids is 2. The van der Waals surface area contributed by atoms with Crippen molar-refractivity contribution in [1.82, 2.24) is 0 Å². The van der Waals surface area contributed by atoms with Crippen LogP contribution in [0.1, 0.15) is 39.5 Å². The van der Waals surface area contributed by atoms with Crippen LogP contribution in [0.4, 0.5) is 0 Å². The fourth-order valence-electron chi connectivity index (χ4n) is 1.21. The van der Waals surface area contributed by atoms with Crippen molar-refractivity contribution in [1.29, 1.82) is 0 Å². The van der Waals surface area contributed by atoms with Crippen LogP contribution >= 0.6 is 0 Å². The van der Waals surface area contributed by atoms with Gasteiger partial charge in [0, 0.05) is 21.1 Å². The molecule has 0 saturated heterocycles. The van der Waals surface area contributed by atoms with Gasteiger partial charge in [-0.05, 0) is 0 Å². The molecule has 0 aromatic rings. The van der Waals surface area contributed by atoms with Gasteiger partial charge in [-0.1, -0.05) is 25.7 Å². The number of nitrogens with one attached hydrogen (secondary N) is 1. The number of hydrogen-bond donors (Lipinski definition) is 2. The minimum absolute atomic E-state index is 0. The quantitative estimate of drug-likeness (QED) is 0.426. The number of carboxylic acids is 2. The molecular formula is C12H24NO5Pt-3. The molecule has 0 heterocycles. The molecule has 0 spiro atoms. The van der Waals surface area contributed by atoms with Gasteiger partial charge in [0.25, 0.3) is 0 Å². The summed E-state index contributed by atoms with van der Waals surface area (Å²) in [5, 5.41) is 14.8. The average Bonchev–Trinajstić information content (AvgIpc) is 2.24. The molecule has 7 heteroatoms. The van der Waals surface area contributed by atoms with Crippen molar-refractivity contribution in [3.05, 3.63) is 19.1 Å². The largest absolute Gasteiger partial charge is 0.677 e. The molecule has 120 valence electrons. The van der Waals surface area contributed by atoms with Gasteiger partial charge >= 0.3 is 11.9 Å².